The highest BCUT2D eigenvalue weighted by Gasteiger charge is 2.15. The second-order valence-corrected chi connectivity index (χ2v) is 3.72. The fourth-order valence-corrected chi connectivity index (χ4v) is 1.88. The molecule has 0 aliphatic rings. The number of benzene rings is 1. The number of methoxy groups -OCH3 is 1. The quantitative estimate of drug-likeness (QED) is 0.836. The molecule has 0 atom stereocenters. The summed E-state index contributed by atoms with van der Waals surface area (Å²) in [6, 6.07) is 5.92. The number of hydrogen-bond acceptors (Lipinski definition) is 3. The van der Waals surface area contributed by atoms with Gasteiger partial charge in [-0.05, 0) is 18.6 Å². The first-order valence-corrected chi connectivity index (χ1v) is 5.06. The van der Waals surface area contributed by atoms with E-state index in [1.165, 1.54) is 0 Å². The van der Waals surface area contributed by atoms with Crippen molar-refractivity contribution in [3.8, 4) is 17.0 Å². The average molecular weight is 217 g/mol. The summed E-state index contributed by atoms with van der Waals surface area (Å²) in [4.78, 5) is 0. The van der Waals surface area contributed by atoms with E-state index in [2.05, 4.69) is 5.10 Å². The number of rotatable bonds is 2. The molecule has 0 unspecified atom stereocenters. The molecule has 4 nitrogen and oxygen atoms in total. The highest BCUT2D eigenvalue weighted by atomic mass is 16.5. The van der Waals surface area contributed by atoms with Crippen molar-refractivity contribution >= 4 is 5.69 Å². The van der Waals surface area contributed by atoms with Crippen LogP contribution in [0.5, 0.6) is 5.75 Å². The molecular formula is C12H15N3O. The lowest BCUT2D eigenvalue weighted by Crippen LogP contribution is -1.99. The van der Waals surface area contributed by atoms with E-state index in [-0.39, 0.29) is 0 Å². The Hall–Kier alpha value is -1.97. The number of nitrogen functional groups attached to an aromatic ring is 1. The van der Waals surface area contributed by atoms with Gasteiger partial charge in [-0.3, -0.25) is 4.68 Å². The van der Waals surface area contributed by atoms with Gasteiger partial charge >= 0.3 is 0 Å². The standard InChI is InChI=1S/C12H15N3O/c1-8-5-4-6-10(16-3)11(8)12-9(13)7-14-15(12)2/h4-7H,13H2,1-3H3. The molecule has 4 heteroatoms. The Balaban J connectivity index is 2.72. The van der Waals surface area contributed by atoms with Crippen LogP contribution >= 0.6 is 0 Å². The molecule has 0 saturated carbocycles. The third-order valence-electron chi connectivity index (χ3n) is 2.66. The Morgan fingerprint density at radius 3 is 2.69 bits per heavy atom. The zero-order valence-electron chi connectivity index (χ0n) is 9.69. The van der Waals surface area contributed by atoms with Crippen molar-refractivity contribution < 1.29 is 4.74 Å². The Morgan fingerprint density at radius 1 is 1.38 bits per heavy atom. The number of nitrogens with zero attached hydrogens (tertiary/aromatic N) is 2. The predicted octanol–water partition coefficient (Wildman–Crippen LogP) is 1.99. The van der Waals surface area contributed by atoms with Gasteiger partial charge < -0.3 is 10.5 Å². The molecule has 0 aliphatic carbocycles. The van der Waals surface area contributed by atoms with Crippen LogP contribution in [0.4, 0.5) is 5.69 Å². The maximum atomic E-state index is 5.93. The summed E-state index contributed by atoms with van der Waals surface area (Å²) in [6.07, 6.45) is 1.65. The summed E-state index contributed by atoms with van der Waals surface area (Å²) in [6.45, 7) is 2.03. The van der Waals surface area contributed by atoms with E-state index in [0.29, 0.717) is 5.69 Å². The van der Waals surface area contributed by atoms with Gasteiger partial charge in [-0.15, -0.1) is 0 Å². The Kier molecular flexibility index (Phi) is 2.56. The third-order valence-corrected chi connectivity index (χ3v) is 2.66. The van der Waals surface area contributed by atoms with Crippen LogP contribution in [0, 0.1) is 6.92 Å². The molecule has 1 aromatic carbocycles. The first-order valence-electron chi connectivity index (χ1n) is 5.06. The lowest BCUT2D eigenvalue weighted by atomic mass is 10.0. The molecule has 0 amide bonds. The van der Waals surface area contributed by atoms with E-state index < -0.39 is 0 Å². The summed E-state index contributed by atoms with van der Waals surface area (Å²) in [5.41, 5.74) is 9.61. The largest absolute Gasteiger partial charge is 0.496 e. The normalized spacial score (nSPS) is 10.4. The number of aromatic nitrogens is 2. The van der Waals surface area contributed by atoms with Gasteiger partial charge in [-0.25, -0.2) is 0 Å². The molecule has 2 rings (SSSR count). The van der Waals surface area contributed by atoms with Gasteiger partial charge in [0.05, 0.1) is 24.7 Å². The molecule has 2 N–H and O–H groups in total. The van der Waals surface area contributed by atoms with Gasteiger partial charge in [0, 0.05) is 12.6 Å². The number of hydrogen-bond donors (Lipinski definition) is 1. The van der Waals surface area contributed by atoms with Gasteiger partial charge in [0.2, 0.25) is 0 Å². The predicted molar refractivity (Wildman–Crippen MR) is 64.3 cm³/mol. The van der Waals surface area contributed by atoms with Gasteiger partial charge in [0.25, 0.3) is 0 Å². The average Bonchev–Trinajstić information content (AvgIpc) is 2.59. The number of ether oxygens (including phenoxy) is 1. The van der Waals surface area contributed by atoms with Gasteiger partial charge in [-0.1, -0.05) is 12.1 Å². The minimum Gasteiger partial charge on any atom is -0.496 e. The van der Waals surface area contributed by atoms with Crippen molar-refractivity contribution in [2.24, 2.45) is 7.05 Å². The lowest BCUT2D eigenvalue weighted by molar-refractivity contribution is 0.416. The van der Waals surface area contributed by atoms with Crippen LogP contribution in [0.25, 0.3) is 11.3 Å². The van der Waals surface area contributed by atoms with E-state index in [1.54, 1.807) is 18.0 Å². The Bertz CT molecular complexity index is 497. The van der Waals surface area contributed by atoms with Gasteiger partial charge in [-0.2, -0.15) is 5.10 Å². The summed E-state index contributed by atoms with van der Waals surface area (Å²) in [5.74, 6) is 0.815. The minimum absolute atomic E-state index is 0.662. The number of aryl methyl sites for hydroxylation is 2. The molecule has 0 spiro atoms. The van der Waals surface area contributed by atoms with Crippen molar-refractivity contribution in [2.45, 2.75) is 6.92 Å². The van der Waals surface area contributed by atoms with Crippen LogP contribution in [0.15, 0.2) is 24.4 Å². The second kappa shape index (κ2) is 3.89. The highest BCUT2D eigenvalue weighted by Crippen LogP contribution is 2.35. The molecule has 0 aliphatic heterocycles. The molecule has 1 aromatic heterocycles. The Labute approximate surface area is 94.6 Å². The SMILES string of the molecule is COc1cccc(C)c1-c1c(N)cnn1C. The molecule has 1 heterocycles. The van der Waals surface area contributed by atoms with Crippen LogP contribution in [-0.2, 0) is 7.05 Å². The minimum atomic E-state index is 0.662. The van der Waals surface area contributed by atoms with E-state index in [0.717, 1.165) is 22.6 Å². The van der Waals surface area contributed by atoms with E-state index in [1.807, 2.05) is 32.2 Å². The van der Waals surface area contributed by atoms with Crippen LogP contribution in [0.1, 0.15) is 5.56 Å². The molecular weight excluding hydrogens is 202 g/mol. The second-order valence-electron chi connectivity index (χ2n) is 3.72. The van der Waals surface area contributed by atoms with Crippen molar-refractivity contribution in [2.75, 3.05) is 12.8 Å². The first-order chi connectivity index (χ1) is 7.65. The molecule has 0 bridgehead atoms. The molecule has 0 radical (unpaired) electrons. The van der Waals surface area contributed by atoms with Crippen molar-refractivity contribution in [1.29, 1.82) is 0 Å². The first kappa shape index (κ1) is 10.5. The van der Waals surface area contributed by atoms with Crippen LogP contribution < -0.4 is 10.5 Å². The maximum Gasteiger partial charge on any atom is 0.128 e. The third kappa shape index (κ3) is 1.52. The fourth-order valence-electron chi connectivity index (χ4n) is 1.88. The highest BCUT2D eigenvalue weighted by molar-refractivity contribution is 5.79. The van der Waals surface area contributed by atoms with E-state index >= 15 is 0 Å². The van der Waals surface area contributed by atoms with Crippen molar-refractivity contribution in [3.63, 3.8) is 0 Å². The van der Waals surface area contributed by atoms with E-state index in [4.69, 9.17) is 10.5 Å². The van der Waals surface area contributed by atoms with Crippen LogP contribution in [0.3, 0.4) is 0 Å². The molecule has 0 fully saturated rings. The van der Waals surface area contributed by atoms with E-state index in [9.17, 15) is 0 Å². The smallest absolute Gasteiger partial charge is 0.128 e. The lowest BCUT2D eigenvalue weighted by Gasteiger charge is -2.12. The number of nitrogens with two attached hydrogens (primary N) is 1. The van der Waals surface area contributed by atoms with Crippen molar-refractivity contribution in [1.82, 2.24) is 9.78 Å². The zero-order valence-corrected chi connectivity index (χ0v) is 9.69. The molecule has 0 saturated heterocycles. The topological polar surface area (TPSA) is 53.1 Å². The van der Waals surface area contributed by atoms with Crippen LogP contribution in [-0.4, -0.2) is 16.9 Å². The summed E-state index contributed by atoms with van der Waals surface area (Å²) < 4.78 is 7.13. The zero-order chi connectivity index (χ0) is 11.7. The monoisotopic (exact) mass is 217 g/mol. The fraction of sp³-hybridized carbons (Fsp3) is 0.250. The number of anilines is 1. The summed E-state index contributed by atoms with van der Waals surface area (Å²) in [7, 11) is 3.53. The molecule has 16 heavy (non-hydrogen) atoms. The molecule has 84 valence electrons. The van der Waals surface area contributed by atoms with Gasteiger partial charge in [0.1, 0.15) is 5.75 Å². The summed E-state index contributed by atoms with van der Waals surface area (Å²) in [5, 5.41) is 4.15. The van der Waals surface area contributed by atoms with Crippen LogP contribution in [0.2, 0.25) is 0 Å². The van der Waals surface area contributed by atoms with Gasteiger partial charge in [0.15, 0.2) is 0 Å². The molecule has 2 aromatic rings. The Morgan fingerprint density at radius 2 is 2.12 bits per heavy atom. The van der Waals surface area contributed by atoms with Crippen molar-refractivity contribution in [3.05, 3.63) is 30.0 Å². The maximum absolute atomic E-state index is 5.93. The summed E-state index contributed by atoms with van der Waals surface area (Å²) >= 11 is 0.